The predicted octanol–water partition coefficient (Wildman–Crippen LogP) is 2.80. The molecule has 3 aromatic rings. The fourth-order valence-corrected chi connectivity index (χ4v) is 2.45. The molecule has 8 nitrogen and oxygen atoms in total. The summed E-state index contributed by atoms with van der Waals surface area (Å²) in [5, 5.41) is 9.16. The van der Waals surface area contributed by atoms with E-state index in [9.17, 15) is 18.4 Å². The zero-order chi connectivity index (χ0) is 20.1. The maximum absolute atomic E-state index is 12.5. The summed E-state index contributed by atoms with van der Waals surface area (Å²) in [7, 11) is 1.58. The number of carbonyl (C=O) groups excluding carboxylic acids is 2. The molecule has 1 aromatic carbocycles. The summed E-state index contributed by atoms with van der Waals surface area (Å²) in [4.78, 5) is 24.9. The molecule has 0 saturated carbocycles. The van der Waals surface area contributed by atoms with Crippen molar-refractivity contribution in [1.29, 1.82) is 0 Å². The van der Waals surface area contributed by atoms with Crippen LogP contribution in [0.4, 0.5) is 14.5 Å². The van der Waals surface area contributed by atoms with Gasteiger partial charge in [0.25, 0.3) is 11.8 Å². The highest BCUT2D eigenvalue weighted by Crippen LogP contribution is 2.22. The van der Waals surface area contributed by atoms with E-state index in [2.05, 4.69) is 20.5 Å². The van der Waals surface area contributed by atoms with Gasteiger partial charge in [-0.05, 0) is 24.3 Å². The summed E-state index contributed by atoms with van der Waals surface area (Å²) < 4.78 is 35.9. The molecule has 0 unspecified atom stereocenters. The van der Waals surface area contributed by atoms with Crippen LogP contribution in [0.5, 0.6) is 5.75 Å². The zero-order valence-corrected chi connectivity index (χ0v) is 14.7. The fraction of sp³-hybridized carbons (Fsp3) is 0.167. The number of anilines is 1. The standard InChI is InChI=1S/C18H16F2N4O4/c1-24-10-13(15(23-24)17(26)21-9-11-5-4-8-27-11)22-16(25)12-6-2-3-7-14(12)28-18(19)20/h2-8,10,18H,9H2,1H3,(H,21,26)(H,22,25). The van der Waals surface area contributed by atoms with Crippen molar-refractivity contribution in [3.8, 4) is 5.75 Å². The molecule has 2 amide bonds. The molecule has 0 aliphatic rings. The molecule has 0 atom stereocenters. The summed E-state index contributed by atoms with van der Waals surface area (Å²) in [5.74, 6) is -0.982. The minimum absolute atomic E-state index is 0.0327. The van der Waals surface area contributed by atoms with Gasteiger partial charge in [-0.25, -0.2) is 0 Å². The number of nitrogens with one attached hydrogen (secondary N) is 2. The average molecular weight is 390 g/mol. The normalized spacial score (nSPS) is 10.7. The van der Waals surface area contributed by atoms with E-state index < -0.39 is 18.4 Å². The van der Waals surface area contributed by atoms with Crippen LogP contribution in [0.2, 0.25) is 0 Å². The Labute approximate surface area is 158 Å². The summed E-state index contributed by atoms with van der Waals surface area (Å²) >= 11 is 0. The van der Waals surface area contributed by atoms with Gasteiger partial charge in [0.1, 0.15) is 11.5 Å². The summed E-state index contributed by atoms with van der Waals surface area (Å²) in [5.41, 5.74) is -0.0143. The van der Waals surface area contributed by atoms with E-state index in [1.807, 2.05) is 0 Å². The number of rotatable bonds is 7. The molecule has 0 radical (unpaired) electrons. The van der Waals surface area contributed by atoms with Crippen LogP contribution in [-0.4, -0.2) is 28.2 Å². The first-order chi connectivity index (χ1) is 13.4. The Kier molecular flexibility index (Phi) is 5.68. The van der Waals surface area contributed by atoms with E-state index >= 15 is 0 Å². The van der Waals surface area contributed by atoms with Crippen LogP contribution in [0.3, 0.4) is 0 Å². The molecule has 2 N–H and O–H groups in total. The second-order valence-electron chi connectivity index (χ2n) is 5.66. The highest BCUT2D eigenvalue weighted by Gasteiger charge is 2.21. The highest BCUT2D eigenvalue weighted by atomic mass is 19.3. The first-order valence-electron chi connectivity index (χ1n) is 8.13. The Morgan fingerprint density at radius 2 is 2.00 bits per heavy atom. The monoisotopic (exact) mass is 390 g/mol. The molecule has 2 aromatic heterocycles. The molecule has 10 heteroatoms. The third-order valence-corrected chi connectivity index (χ3v) is 3.64. The van der Waals surface area contributed by atoms with Gasteiger partial charge in [0.2, 0.25) is 0 Å². The van der Waals surface area contributed by atoms with E-state index in [-0.39, 0.29) is 29.2 Å². The van der Waals surface area contributed by atoms with Gasteiger partial charge in [0.15, 0.2) is 5.69 Å². The van der Waals surface area contributed by atoms with Crippen LogP contribution >= 0.6 is 0 Å². The molecule has 0 bridgehead atoms. The van der Waals surface area contributed by atoms with Crippen molar-refractivity contribution in [3.63, 3.8) is 0 Å². The van der Waals surface area contributed by atoms with E-state index in [0.29, 0.717) is 5.76 Å². The SMILES string of the molecule is Cn1cc(NC(=O)c2ccccc2OC(F)F)c(C(=O)NCc2ccco2)n1. The minimum Gasteiger partial charge on any atom is -0.467 e. The minimum atomic E-state index is -3.07. The van der Waals surface area contributed by atoms with Gasteiger partial charge in [-0.3, -0.25) is 14.3 Å². The second-order valence-corrected chi connectivity index (χ2v) is 5.66. The maximum atomic E-state index is 12.5. The number of furan rings is 1. The van der Waals surface area contributed by atoms with Gasteiger partial charge in [-0.1, -0.05) is 12.1 Å². The van der Waals surface area contributed by atoms with Crippen molar-refractivity contribution in [3.05, 3.63) is 65.9 Å². The Balaban J connectivity index is 1.76. The maximum Gasteiger partial charge on any atom is 0.387 e. The van der Waals surface area contributed by atoms with Gasteiger partial charge >= 0.3 is 6.61 Å². The molecular weight excluding hydrogens is 374 g/mol. The van der Waals surface area contributed by atoms with Gasteiger partial charge in [0.05, 0.1) is 24.1 Å². The Morgan fingerprint density at radius 1 is 1.21 bits per heavy atom. The number of hydrogen-bond acceptors (Lipinski definition) is 5. The number of ether oxygens (including phenoxy) is 1. The van der Waals surface area contributed by atoms with E-state index in [1.54, 1.807) is 19.2 Å². The topological polar surface area (TPSA) is 98.4 Å². The average Bonchev–Trinajstić information content (AvgIpc) is 3.29. The number of carbonyl (C=O) groups is 2. The summed E-state index contributed by atoms with van der Waals surface area (Å²) in [6, 6.07) is 8.94. The number of alkyl halides is 2. The molecule has 0 fully saturated rings. The zero-order valence-electron chi connectivity index (χ0n) is 14.7. The smallest absolute Gasteiger partial charge is 0.387 e. The van der Waals surface area contributed by atoms with Gasteiger partial charge in [-0.15, -0.1) is 0 Å². The van der Waals surface area contributed by atoms with Crippen molar-refractivity contribution in [2.45, 2.75) is 13.2 Å². The first-order valence-corrected chi connectivity index (χ1v) is 8.13. The number of aromatic nitrogens is 2. The fourth-order valence-electron chi connectivity index (χ4n) is 2.45. The lowest BCUT2D eigenvalue weighted by atomic mass is 10.2. The van der Waals surface area contributed by atoms with Crippen LogP contribution in [-0.2, 0) is 13.6 Å². The van der Waals surface area contributed by atoms with Crippen molar-refractivity contribution < 1.29 is 27.5 Å². The Bertz CT molecular complexity index is 970. The summed E-state index contributed by atoms with van der Waals surface area (Å²) in [6.45, 7) is -2.93. The number of amides is 2. The lowest BCUT2D eigenvalue weighted by molar-refractivity contribution is -0.0501. The molecule has 0 spiro atoms. The first kappa shape index (κ1) is 19.1. The molecule has 28 heavy (non-hydrogen) atoms. The number of nitrogens with zero attached hydrogens (tertiary/aromatic N) is 2. The van der Waals surface area contributed by atoms with Gasteiger partial charge < -0.3 is 19.8 Å². The van der Waals surface area contributed by atoms with Crippen LogP contribution in [0.1, 0.15) is 26.6 Å². The van der Waals surface area contributed by atoms with Gasteiger partial charge in [0, 0.05) is 13.2 Å². The largest absolute Gasteiger partial charge is 0.467 e. The van der Waals surface area contributed by atoms with Crippen LogP contribution in [0.15, 0.2) is 53.3 Å². The summed E-state index contributed by atoms with van der Waals surface area (Å²) in [6.07, 6.45) is 2.91. The Morgan fingerprint density at radius 3 is 2.71 bits per heavy atom. The van der Waals surface area contributed by atoms with E-state index in [0.717, 1.165) is 0 Å². The number of para-hydroxylation sites is 1. The quantitative estimate of drug-likeness (QED) is 0.646. The third kappa shape index (κ3) is 4.53. The van der Waals surface area contributed by atoms with Gasteiger partial charge in [-0.2, -0.15) is 13.9 Å². The third-order valence-electron chi connectivity index (χ3n) is 3.64. The molecule has 3 rings (SSSR count). The molecule has 146 valence electrons. The van der Waals surface area contributed by atoms with Crippen LogP contribution < -0.4 is 15.4 Å². The lowest BCUT2D eigenvalue weighted by Crippen LogP contribution is -2.25. The van der Waals surface area contributed by atoms with Crippen molar-refractivity contribution in [2.75, 3.05) is 5.32 Å². The molecule has 2 heterocycles. The molecule has 0 saturated heterocycles. The number of aryl methyl sites for hydroxylation is 1. The molecule has 0 aliphatic heterocycles. The number of benzene rings is 1. The van der Waals surface area contributed by atoms with E-state index in [4.69, 9.17) is 4.42 Å². The van der Waals surface area contributed by atoms with Crippen LogP contribution in [0, 0.1) is 0 Å². The number of halogens is 2. The van der Waals surface area contributed by atoms with Crippen molar-refractivity contribution in [1.82, 2.24) is 15.1 Å². The second kappa shape index (κ2) is 8.33. The Hall–Kier alpha value is -3.69. The van der Waals surface area contributed by atoms with E-state index in [1.165, 1.54) is 41.4 Å². The van der Waals surface area contributed by atoms with Crippen molar-refractivity contribution >= 4 is 17.5 Å². The lowest BCUT2D eigenvalue weighted by Gasteiger charge is -2.10. The predicted molar refractivity (Wildman–Crippen MR) is 94.1 cm³/mol. The molecule has 0 aliphatic carbocycles. The molecular formula is C18H16F2N4O4. The number of hydrogen-bond donors (Lipinski definition) is 2. The van der Waals surface area contributed by atoms with Crippen molar-refractivity contribution in [2.24, 2.45) is 7.05 Å². The van der Waals surface area contributed by atoms with Crippen LogP contribution in [0.25, 0.3) is 0 Å². The highest BCUT2D eigenvalue weighted by molar-refractivity contribution is 6.09.